The highest BCUT2D eigenvalue weighted by Gasteiger charge is 2.25. The van der Waals surface area contributed by atoms with E-state index in [1.807, 2.05) is 78.9 Å². The molecule has 8 aromatic rings. The van der Waals surface area contributed by atoms with Gasteiger partial charge in [0.2, 0.25) is 0 Å². The second kappa shape index (κ2) is 10.2. The summed E-state index contributed by atoms with van der Waals surface area (Å²) in [4.78, 5) is 9.96. The van der Waals surface area contributed by atoms with Crippen molar-refractivity contribution in [2.45, 2.75) is 0 Å². The van der Waals surface area contributed by atoms with Crippen molar-refractivity contribution in [3.63, 3.8) is 0 Å². The van der Waals surface area contributed by atoms with E-state index in [9.17, 15) is 0 Å². The molecule has 0 atom stereocenters. The van der Waals surface area contributed by atoms with Crippen LogP contribution in [0.4, 0.5) is 0 Å². The quantitative estimate of drug-likeness (QED) is 0.208. The molecule has 0 N–H and O–H groups in total. The van der Waals surface area contributed by atoms with Crippen LogP contribution in [0.5, 0.6) is 23.0 Å². The largest absolute Gasteiger partial charge is 0.449 e. The molecular weight excluding hydrogens is 554 g/mol. The van der Waals surface area contributed by atoms with Gasteiger partial charge in [0.05, 0.1) is 16.9 Å². The van der Waals surface area contributed by atoms with Crippen LogP contribution in [-0.2, 0) is 0 Å². The van der Waals surface area contributed by atoms with Crippen LogP contribution in [-0.4, -0.2) is 14.5 Å². The Morgan fingerprint density at radius 1 is 0.444 bits per heavy atom. The molecule has 212 valence electrons. The zero-order valence-corrected chi connectivity index (χ0v) is 24.1. The van der Waals surface area contributed by atoms with Gasteiger partial charge in [-0.05, 0) is 48.5 Å². The molecule has 0 spiro atoms. The minimum absolute atomic E-state index is 0.697. The molecule has 0 aliphatic carbocycles. The highest BCUT2D eigenvalue weighted by atomic mass is 16.6. The lowest BCUT2D eigenvalue weighted by atomic mass is 10.1. The van der Waals surface area contributed by atoms with Crippen LogP contribution in [0, 0.1) is 0 Å². The van der Waals surface area contributed by atoms with Gasteiger partial charge in [-0.25, -0.2) is 9.97 Å². The smallest absolute Gasteiger partial charge is 0.194 e. The first-order valence-corrected chi connectivity index (χ1v) is 14.9. The van der Waals surface area contributed by atoms with E-state index in [1.165, 1.54) is 0 Å². The number of ether oxygens (including phenoxy) is 2. The van der Waals surface area contributed by atoms with E-state index in [4.69, 9.17) is 19.4 Å². The van der Waals surface area contributed by atoms with Crippen LogP contribution >= 0.6 is 0 Å². The molecule has 6 aromatic carbocycles. The van der Waals surface area contributed by atoms with E-state index in [1.54, 1.807) is 0 Å². The third-order valence-electron chi connectivity index (χ3n) is 8.28. The van der Waals surface area contributed by atoms with Crippen LogP contribution in [0.3, 0.4) is 0 Å². The van der Waals surface area contributed by atoms with Gasteiger partial charge in [-0.3, -0.25) is 0 Å². The number of fused-ring (bicyclic) bond motifs is 6. The maximum absolute atomic E-state index is 6.52. The fourth-order valence-electron chi connectivity index (χ4n) is 6.15. The first-order valence-electron chi connectivity index (χ1n) is 14.9. The lowest BCUT2D eigenvalue weighted by Gasteiger charge is -2.22. The van der Waals surface area contributed by atoms with E-state index in [2.05, 4.69) is 77.4 Å². The molecule has 9 rings (SSSR count). The summed E-state index contributed by atoms with van der Waals surface area (Å²) < 4.78 is 15.1. The predicted molar refractivity (Wildman–Crippen MR) is 179 cm³/mol. The molecule has 5 heteroatoms. The van der Waals surface area contributed by atoms with E-state index < -0.39 is 0 Å². The maximum Gasteiger partial charge on any atom is 0.194 e. The van der Waals surface area contributed by atoms with Crippen LogP contribution in [0.15, 0.2) is 152 Å². The van der Waals surface area contributed by atoms with Gasteiger partial charge in [0, 0.05) is 33.2 Å². The molecule has 0 radical (unpaired) electrons. The zero-order chi connectivity index (χ0) is 29.7. The third-order valence-corrected chi connectivity index (χ3v) is 8.28. The average Bonchev–Trinajstić information content (AvgIpc) is 3.46. The molecule has 1 aliphatic heterocycles. The molecule has 0 saturated heterocycles. The fourth-order valence-corrected chi connectivity index (χ4v) is 6.15. The number of aromatic nitrogens is 3. The summed E-state index contributed by atoms with van der Waals surface area (Å²) in [5, 5.41) is 2.25. The second-order valence-electron chi connectivity index (χ2n) is 11.0. The maximum atomic E-state index is 6.52. The number of hydrogen-bond donors (Lipinski definition) is 0. The van der Waals surface area contributed by atoms with Crippen LogP contribution in [0.2, 0.25) is 0 Å². The van der Waals surface area contributed by atoms with Crippen molar-refractivity contribution < 1.29 is 9.47 Å². The Kier molecular flexibility index (Phi) is 5.74. The van der Waals surface area contributed by atoms with Crippen molar-refractivity contribution in [2.75, 3.05) is 0 Å². The third kappa shape index (κ3) is 4.25. The molecule has 2 aromatic heterocycles. The minimum atomic E-state index is 0.697. The van der Waals surface area contributed by atoms with Gasteiger partial charge in [0.25, 0.3) is 0 Å². The van der Waals surface area contributed by atoms with Gasteiger partial charge in [0.1, 0.15) is 5.52 Å². The van der Waals surface area contributed by atoms with Crippen LogP contribution in [0.1, 0.15) is 0 Å². The van der Waals surface area contributed by atoms with Crippen molar-refractivity contribution in [3.05, 3.63) is 152 Å². The Morgan fingerprint density at radius 3 is 1.78 bits per heavy atom. The summed E-state index contributed by atoms with van der Waals surface area (Å²) in [5.41, 5.74) is 7.86. The predicted octanol–water partition coefficient (Wildman–Crippen LogP) is 10.5. The minimum Gasteiger partial charge on any atom is -0.449 e. The summed E-state index contributed by atoms with van der Waals surface area (Å²) in [6.07, 6.45) is 0. The Morgan fingerprint density at radius 2 is 1.04 bits per heavy atom. The van der Waals surface area contributed by atoms with Crippen molar-refractivity contribution in [1.29, 1.82) is 0 Å². The van der Waals surface area contributed by atoms with E-state index >= 15 is 0 Å². The standard InChI is InChI=1S/C40H25N3O2/c1-3-11-26(12-4-1)32-25-33(42-40(41-32)28-13-5-2-6-14-28)27-19-21-29(22-20-27)43-34-16-8-7-15-30(34)31-23-24-37-39(38(31)43)45-36-18-10-9-17-35(36)44-37/h1-25H. The van der Waals surface area contributed by atoms with Gasteiger partial charge >= 0.3 is 0 Å². The van der Waals surface area contributed by atoms with Crippen molar-refractivity contribution in [3.8, 4) is 62.6 Å². The fraction of sp³-hybridized carbons (Fsp3) is 0. The van der Waals surface area contributed by atoms with Crippen molar-refractivity contribution in [2.24, 2.45) is 0 Å². The highest BCUT2D eigenvalue weighted by Crippen LogP contribution is 2.50. The lowest BCUT2D eigenvalue weighted by molar-refractivity contribution is 0.362. The SMILES string of the molecule is c1ccc(-c2cc(-c3ccc(-n4c5ccccc5c5ccc6c(c54)Oc4ccccc4O6)cc3)nc(-c3ccccc3)n2)cc1. The second-order valence-corrected chi connectivity index (χ2v) is 11.0. The summed E-state index contributed by atoms with van der Waals surface area (Å²) in [5.74, 6) is 3.53. The van der Waals surface area contributed by atoms with Gasteiger partial charge in [-0.15, -0.1) is 0 Å². The molecule has 0 saturated carbocycles. The Hall–Kier alpha value is -6.20. The summed E-state index contributed by atoms with van der Waals surface area (Å²) >= 11 is 0. The first-order chi connectivity index (χ1) is 22.3. The number of nitrogens with zero attached hydrogens (tertiary/aromatic N) is 3. The molecule has 0 fully saturated rings. The normalized spacial score (nSPS) is 11.9. The molecule has 5 nitrogen and oxygen atoms in total. The highest BCUT2D eigenvalue weighted by molar-refractivity contribution is 6.12. The molecule has 3 heterocycles. The molecular formula is C40H25N3O2. The van der Waals surface area contributed by atoms with Gasteiger partial charge in [-0.1, -0.05) is 103 Å². The average molecular weight is 580 g/mol. The molecule has 0 unspecified atom stereocenters. The zero-order valence-electron chi connectivity index (χ0n) is 24.1. The van der Waals surface area contributed by atoms with Crippen molar-refractivity contribution in [1.82, 2.24) is 14.5 Å². The van der Waals surface area contributed by atoms with Crippen molar-refractivity contribution >= 4 is 21.8 Å². The monoisotopic (exact) mass is 579 g/mol. The topological polar surface area (TPSA) is 49.2 Å². The summed E-state index contributed by atoms with van der Waals surface area (Å²) in [7, 11) is 0. The Labute approximate surface area is 259 Å². The van der Waals surface area contributed by atoms with E-state index in [0.717, 1.165) is 55.6 Å². The molecule has 45 heavy (non-hydrogen) atoms. The number of hydrogen-bond acceptors (Lipinski definition) is 4. The van der Waals surface area contributed by atoms with Crippen LogP contribution < -0.4 is 9.47 Å². The molecule has 0 amide bonds. The lowest BCUT2D eigenvalue weighted by Crippen LogP contribution is -2.02. The number of para-hydroxylation sites is 3. The van der Waals surface area contributed by atoms with E-state index in [-0.39, 0.29) is 0 Å². The van der Waals surface area contributed by atoms with Gasteiger partial charge in [0.15, 0.2) is 28.8 Å². The number of benzene rings is 6. The van der Waals surface area contributed by atoms with Gasteiger partial charge < -0.3 is 14.0 Å². The van der Waals surface area contributed by atoms with Crippen LogP contribution in [0.25, 0.3) is 61.4 Å². The Balaban J connectivity index is 1.20. The van der Waals surface area contributed by atoms with E-state index in [0.29, 0.717) is 28.8 Å². The molecule has 0 bridgehead atoms. The first kappa shape index (κ1) is 25.3. The van der Waals surface area contributed by atoms with Gasteiger partial charge in [-0.2, -0.15) is 0 Å². The molecule has 1 aliphatic rings. The summed E-state index contributed by atoms with van der Waals surface area (Å²) in [6.45, 7) is 0. The Bertz CT molecular complexity index is 2310. The number of rotatable bonds is 4. The summed E-state index contributed by atoms with van der Waals surface area (Å²) in [6, 6.07) is 51.3.